The van der Waals surface area contributed by atoms with Gasteiger partial charge in [0, 0.05) is 24.1 Å². The van der Waals surface area contributed by atoms with Gasteiger partial charge in [-0.05, 0) is 37.8 Å². The van der Waals surface area contributed by atoms with E-state index in [1.807, 2.05) is 0 Å². The smallest absolute Gasteiger partial charge is 0.127 e. The zero-order valence-corrected chi connectivity index (χ0v) is 10.0. The fourth-order valence-corrected chi connectivity index (χ4v) is 2.56. The Morgan fingerprint density at radius 2 is 1.88 bits per heavy atom. The Morgan fingerprint density at radius 3 is 2.62 bits per heavy atom. The van der Waals surface area contributed by atoms with Crippen molar-refractivity contribution in [3.05, 3.63) is 28.8 Å². The molecule has 0 spiro atoms. The lowest BCUT2D eigenvalue weighted by Gasteiger charge is -2.29. The molecule has 86 valence electrons. The zero-order chi connectivity index (χ0) is 11.1. The van der Waals surface area contributed by atoms with Gasteiger partial charge in [0.25, 0.3) is 0 Å². The molecule has 1 aromatic rings. The maximum absolute atomic E-state index is 5.83. The first-order chi connectivity index (χ1) is 7.75. The third-order valence-corrected chi connectivity index (χ3v) is 3.63. The van der Waals surface area contributed by atoms with Gasteiger partial charge in [-0.3, -0.25) is 0 Å². The fourth-order valence-electron chi connectivity index (χ4n) is 2.56. The van der Waals surface area contributed by atoms with Gasteiger partial charge in [-0.15, -0.1) is 0 Å². The summed E-state index contributed by atoms with van der Waals surface area (Å²) in [6.45, 7) is 5.17. The summed E-state index contributed by atoms with van der Waals surface area (Å²) in [5, 5.41) is 3.74. The first kappa shape index (κ1) is 10.2. The predicted octanol–water partition coefficient (Wildman–Crippen LogP) is 2.88. The van der Waals surface area contributed by atoms with Crippen molar-refractivity contribution in [3.63, 3.8) is 0 Å². The largest absolute Gasteiger partial charge is 0.493 e. The quantitative estimate of drug-likeness (QED) is 0.822. The van der Waals surface area contributed by atoms with Crippen molar-refractivity contribution in [2.24, 2.45) is 0 Å². The van der Waals surface area contributed by atoms with Gasteiger partial charge in [0.1, 0.15) is 5.75 Å². The van der Waals surface area contributed by atoms with Crippen molar-refractivity contribution in [2.45, 2.75) is 45.2 Å². The highest BCUT2D eigenvalue weighted by atomic mass is 16.5. The molecule has 1 fully saturated rings. The van der Waals surface area contributed by atoms with Crippen LogP contribution >= 0.6 is 0 Å². The average molecular weight is 217 g/mol. The van der Waals surface area contributed by atoms with Gasteiger partial charge >= 0.3 is 0 Å². The van der Waals surface area contributed by atoms with Crippen LogP contribution in [0.1, 0.15) is 42.0 Å². The second kappa shape index (κ2) is 3.77. The molecule has 1 unspecified atom stereocenters. The number of hydrogen-bond acceptors (Lipinski definition) is 2. The van der Waals surface area contributed by atoms with Crippen LogP contribution in [0.15, 0.2) is 12.1 Å². The second-order valence-corrected chi connectivity index (χ2v) is 5.07. The molecule has 0 radical (unpaired) electrons. The van der Waals surface area contributed by atoms with Crippen LogP contribution < -0.4 is 10.1 Å². The summed E-state index contributed by atoms with van der Waals surface area (Å²) in [5.74, 6) is 1.13. The summed E-state index contributed by atoms with van der Waals surface area (Å²) in [7, 11) is 0. The van der Waals surface area contributed by atoms with Crippen LogP contribution in [0, 0.1) is 13.8 Å². The van der Waals surface area contributed by atoms with Gasteiger partial charge in [0.2, 0.25) is 0 Å². The monoisotopic (exact) mass is 217 g/mol. The van der Waals surface area contributed by atoms with Crippen LogP contribution in [0.3, 0.4) is 0 Å². The molecule has 1 aromatic carbocycles. The van der Waals surface area contributed by atoms with Crippen molar-refractivity contribution < 1.29 is 4.74 Å². The zero-order valence-electron chi connectivity index (χ0n) is 10.0. The average Bonchev–Trinajstić information content (AvgIpc) is 3.08. The molecule has 1 N–H and O–H groups in total. The molecule has 0 bridgehead atoms. The van der Waals surface area contributed by atoms with Crippen LogP contribution in [0.4, 0.5) is 0 Å². The Bertz CT molecular complexity index is 409. The molecule has 2 nitrogen and oxygen atoms in total. The number of aryl methyl sites for hydroxylation is 2. The van der Waals surface area contributed by atoms with Crippen LogP contribution in [-0.2, 0) is 0 Å². The minimum absolute atomic E-state index is 0.510. The molecule has 1 aliphatic heterocycles. The summed E-state index contributed by atoms with van der Waals surface area (Å²) < 4.78 is 5.83. The Morgan fingerprint density at radius 1 is 1.12 bits per heavy atom. The van der Waals surface area contributed by atoms with Crippen LogP contribution in [0.25, 0.3) is 0 Å². The van der Waals surface area contributed by atoms with Gasteiger partial charge in [-0.1, -0.05) is 12.1 Å². The molecule has 0 amide bonds. The molecule has 1 heterocycles. The summed E-state index contributed by atoms with van der Waals surface area (Å²) in [6.07, 6.45) is 3.79. The predicted molar refractivity (Wildman–Crippen MR) is 64.9 cm³/mol. The lowest BCUT2D eigenvalue weighted by Crippen LogP contribution is -2.29. The van der Waals surface area contributed by atoms with Crippen molar-refractivity contribution in [1.29, 1.82) is 0 Å². The summed E-state index contributed by atoms with van der Waals surface area (Å²) in [4.78, 5) is 0. The van der Waals surface area contributed by atoms with E-state index in [9.17, 15) is 0 Å². The van der Waals surface area contributed by atoms with E-state index >= 15 is 0 Å². The van der Waals surface area contributed by atoms with E-state index in [4.69, 9.17) is 4.74 Å². The van der Waals surface area contributed by atoms with Crippen molar-refractivity contribution in [1.82, 2.24) is 5.32 Å². The topological polar surface area (TPSA) is 21.3 Å². The number of fused-ring (bicyclic) bond motifs is 1. The first-order valence-electron chi connectivity index (χ1n) is 6.24. The molecule has 0 saturated heterocycles. The van der Waals surface area contributed by atoms with Crippen LogP contribution in [0.2, 0.25) is 0 Å². The normalized spacial score (nSPS) is 23.8. The third kappa shape index (κ3) is 1.71. The van der Waals surface area contributed by atoms with Crippen molar-refractivity contribution in [2.75, 3.05) is 6.61 Å². The van der Waals surface area contributed by atoms with Gasteiger partial charge in [0.15, 0.2) is 0 Å². The summed E-state index contributed by atoms with van der Waals surface area (Å²) in [6, 6.07) is 5.64. The van der Waals surface area contributed by atoms with Gasteiger partial charge in [-0.25, -0.2) is 0 Å². The maximum Gasteiger partial charge on any atom is 0.127 e. The Hall–Kier alpha value is -1.02. The van der Waals surface area contributed by atoms with E-state index in [1.54, 1.807) is 0 Å². The Labute approximate surface area is 97.0 Å². The van der Waals surface area contributed by atoms with Crippen molar-refractivity contribution in [3.8, 4) is 5.75 Å². The van der Waals surface area contributed by atoms with Crippen molar-refractivity contribution >= 4 is 0 Å². The van der Waals surface area contributed by atoms with E-state index in [0.717, 1.165) is 24.8 Å². The molecule has 3 rings (SSSR count). The van der Waals surface area contributed by atoms with E-state index in [1.165, 1.54) is 29.5 Å². The summed E-state index contributed by atoms with van der Waals surface area (Å²) in [5.41, 5.74) is 4.03. The minimum Gasteiger partial charge on any atom is -0.493 e. The molecule has 16 heavy (non-hydrogen) atoms. The number of nitrogens with one attached hydrogen (secondary N) is 1. The molecular weight excluding hydrogens is 198 g/mol. The first-order valence-corrected chi connectivity index (χ1v) is 6.24. The van der Waals surface area contributed by atoms with E-state index in [-0.39, 0.29) is 0 Å². The Kier molecular flexibility index (Phi) is 2.40. The lowest BCUT2D eigenvalue weighted by molar-refractivity contribution is 0.249. The molecule has 1 atom stereocenters. The molecule has 2 heteroatoms. The highest BCUT2D eigenvalue weighted by Crippen LogP contribution is 2.38. The standard InChI is InChI=1S/C14H19NO/c1-9-3-4-10(2)14-13(9)12(7-8-16-14)15-11-5-6-11/h3-4,11-12,15H,5-8H2,1-2H3. The van der Waals surface area contributed by atoms with Crippen LogP contribution in [0.5, 0.6) is 5.75 Å². The fraction of sp³-hybridized carbons (Fsp3) is 0.571. The number of rotatable bonds is 2. The maximum atomic E-state index is 5.83. The third-order valence-electron chi connectivity index (χ3n) is 3.63. The minimum atomic E-state index is 0.510. The molecular formula is C14H19NO. The van der Waals surface area contributed by atoms with E-state index < -0.39 is 0 Å². The van der Waals surface area contributed by atoms with E-state index in [2.05, 4.69) is 31.3 Å². The highest BCUT2D eigenvalue weighted by Gasteiger charge is 2.30. The molecule has 1 aliphatic carbocycles. The number of hydrogen-bond donors (Lipinski definition) is 1. The van der Waals surface area contributed by atoms with Gasteiger partial charge in [0.05, 0.1) is 6.61 Å². The lowest BCUT2D eigenvalue weighted by atomic mass is 9.93. The SMILES string of the molecule is Cc1ccc(C)c2c1OCCC2NC1CC1. The molecule has 1 saturated carbocycles. The van der Waals surface area contributed by atoms with E-state index in [0.29, 0.717) is 6.04 Å². The number of benzene rings is 1. The second-order valence-electron chi connectivity index (χ2n) is 5.07. The van der Waals surface area contributed by atoms with Gasteiger partial charge < -0.3 is 10.1 Å². The highest BCUT2D eigenvalue weighted by molar-refractivity contribution is 5.48. The summed E-state index contributed by atoms with van der Waals surface area (Å²) >= 11 is 0. The Balaban J connectivity index is 1.98. The molecule has 2 aliphatic rings. The van der Waals surface area contributed by atoms with Gasteiger partial charge in [-0.2, -0.15) is 0 Å². The number of ether oxygens (including phenoxy) is 1. The molecule has 0 aromatic heterocycles. The van der Waals surface area contributed by atoms with Crippen LogP contribution in [-0.4, -0.2) is 12.6 Å².